The van der Waals surface area contributed by atoms with Crippen molar-refractivity contribution in [3.63, 3.8) is 0 Å². The molecule has 3 rings (SSSR count). The summed E-state index contributed by atoms with van der Waals surface area (Å²) in [6.45, 7) is 0.236. The number of carbonyl (C=O) groups is 1. The van der Waals surface area contributed by atoms with Gasteiger partial charge in [-0.1, -0.05) is 29.8 Å². The minimum atomic E-state index is -0.213. The normalized spacial score (nSPS) is 10.7. The van der Waals surface area contributed by atoms with Gasteiger partial charge in [0.25, 0.3) is 5.91 Å². The summed E-state index contributed by atoms with van der Waals surface area (Å²) in [5.41, 5.74) is 1.99. The monoisotopic (exact) mass is 286 g/mol. The van der Waals surface area contributed by atoms with Crippen LogP contribution in [-0.4, -0.2) is 10.9 Å². The zero-order chi connectivity index (χ0) is 13.9. The van der Waals surface area contributed by atoms with E-state index in [1.54, 1.807) is 24.3 Å². The number of benzene rings is 2. The van der Waals surface area contributed by atoms with E-state index in [-0.39, 0.29) is 12.5 Å². The highest BCUT2D eigenvalue weighted by Crippen LogP contribution is 2.15. The van der Waals surface area contributed by atoms with Crippen LogP contribution >= 0.6 is 11.6 Å². The molecule has 0 aliphatic heterocycles. The minimum Gasteiger partial charge on any atom is -0.439 e. The summed E-state index contributed by atoms with van der Waals surface area (Å²) >= 11 is 5.85. The van der Waals surface area contributed by atoms with Crippen LogP contribution in [0.3, 0.4) is 0 Å². The Morgan fingerprint density at radius 2 is 2.05 bits per heavy atom. The standard InChI is InChI=1S/C15H11ClN2O2/c16-11-5-3-4-10(8-11)15(19)17-9-14-18-12-6-1-2-7-13(12)20-14/h1-8H,9H2,(H,17,19). The van der Waals surface area contributed by atoms with Crippen LogP contribution in [0.25, 0.3) is 11.1 Å². The molecular formula is C15H11ClN2O2. The summed E-state index contributed by atoms with van der Waals surface area (Å²) in [4.78, 5) is 16.2. The molecule has 0 atom stereocenters. The van der Waals surface area contributed by atoms with Crippen molar-refractivity contribution in [1.29, 1.82) is 0 Å². The van der Waals surface area contributed by atoms with Crippen LogP contribution in [0.1, 0.15) is 16.2 Å². The van der Waals surface area contributed by atoms with Gasteiger partial charge in [0.1, 0.15) is 5.52 Å². The van der Waals surface area contributed by atoms with E-state index in [9.17, 15) is 4.79 Å². The number of hydrogen-bond donors (Lipinski definition) is 1. The third-order valence-electron chi connectivity index (χ3n) is 2.83. The van der Waals surface area contributed by atoms with Crippen molar-refractivity contribution in [1.82, 2.24) is 10.3 Å². The lowest BCUT2D eigenvalue weighted by Crippen LogP contribution is -2.22. The van der Waals surface area contributed by atoms with E-state index in [0.717, 1.165) is 5.52 Å². The maximum absolute atomic E-state index is 11.9. The summed E-state index contributed by atoms with van der Waals surface area (Å²) in [5, 5.41) is 3.28. The van der Waals surface area contributed by atoms with Crippen LogP contribution < -0.4 is 5.32 Å². The van der Waals surface area contributed by atoms with Gasteiger partial charge >= 0.3 is 0 Å². The van der Waals surface area contributed by atoms with Crippen molar-refractivity contribution in [3.05, 3.63) is 65.0 Å². The molecule has 0 radical (unpaired) electrons. The average Bonchev–Trinajstić information content (AvgIpc) is 2.87. The second-order valence-electron chi connectivity index (χ2n) is 4.27. The van der Waals surface area contributed by atoms with E-state index in [4.69, 9.17) is 16.0 Å². The fourth-order valence-electron chi connectivity index (χ4n) is 1.88. The minimum absolute atomic E-state index is 0.213. The highest BCUT2D eigenvalue weighted by molar-refractivity contribution is 6.30. The third kappa shape index (κ3) is 2.65. The van der Waals surface area contributed by atoms with E-state index in [2.05, 4.69) is 10.3 Å². The largest absolute Gasteiger partial charge is 0.439 e. The van der Waals surface area contributed by atoms with Gasteiger partial charge in [-0.15, -0.1) is 0 Å². The molecule has 1 amide bonds. The second kappa shape index (κ2) is 5.35. The molecular weight excluding hydrogens is 276 g/mol. The first kappa shape index (κ1) is 12.7. The molecule has 0 aliphatic carbocycles. The molecule has 0 aliphatic rings. The summed E-state index contributed by atoms with van der Waals surface area (Å²) < 4.78 is 5.53. The predicted molar refractivity (Wildman–Crippen MR) is 76.6 cm³/mol. The Morgan fingerprint density at radius 1 is 1.20 bits per heavy atom. The molecule has 20 heavy (non-hydrogen) atoms. The second-order valence-corrected chi connectivity index (χ2v) is 4.70. The molecule has 0 saturated heterocycles. The van der Waals surface area contributed by atoms with Crippen LogP contribution in [0.15, 0.2) is 52.9 Å². The van der Waals surface area contributed by atoms with Crippen LogP contribution in [0.2, 0.25) is 5.02 Å². The smallest absolute Gasteiger partial charge is 0.251 e. The Labute approximate surface area is 120 Å². The van der Waals surface area contributed by atoms with Gasteiger partial charge in [-0.25, -0.2) is 4.98 Å². The first-order valence-corrected chi connectivity index (χ1v) is 6.48. The van der Waals surface area contributed by atoms with Crippen LogP contribution in [0.4, 0.5) is 0 Å². The maximum Gasteiger partial charge on any atom is 0.251 e. The van der Waals surface area contributed by atoms with Gasteiger partial charge in [-0.2, -0.15) is 0 Å². The van der Waals surface area contributed by atoms with Gasteiger partial charge in [-0.3, -0.25) is 4.79 Å². The van der Waals surface area contributed by atoms with Gasteiger partial charge in [-0.05, 0) is 30.3 Å². The molecule has 0 spiro atoms. The van der Waals surface area contributed by atoms with Gasteiger partial charge in [0, 0.05) is 10.6 Å². The Bertz CT molecular complexity index is 734. The zero-order valence-corrected chi connectivity index (χ0v) is 11.2. The van der Waals surface area contributed by atoms with Gasteiger partial charge in [0.15, 0.2) is 5.58 Å². The SMILES string of the molecule is O=C(NCc1nc2ccccc2o1)c1cccc(Cl)c1. The lowest BCUT2D eigenvalue weighted by atomic mass is 10.2. The molecule has 0 saturated carbocycles. The first-order valence-electron chi connectivity index (χ1n) is 6.10. The Kier molecular flexibility index (Phi) is 3.39. The molecule has 4 nitrogen and oxygen atoms in total. The summed E-state index contributed by atoms with van der Waals surface area (Å²) in [6.07, 6.45) is 0. The molecule has 2 aromatic carbocycles. The fraction of sp³-hybridized carbons (Fsp3) is 0.0667. The van der Waals surface area contributed by atoms with E-state index >= 15 is 0 Å². The number of amides is 1. The predicted octanol–water partition coefficient (Wildman–Crippen LogP) is 3.41. The molecule has 0 fully saturated rings. The van der Waals surface area contributed by atoms with Crippen LogP contribution in [0, 0.1) is 0 Å². The maximum atomic E-state index is 11.9. The van der Waals surface area contributed by atoms with Crippen molar-refractivity contribution >= 4 is 28.6 Å². The lowest BCUT2D eigenvalue weighted by molar-refractivity contribution is 0.0947. The number of fused-ring (bicyclic) bond motifs is 1. The van der Waals surface area contributed by atoms with E-state index in [1.807, 2.05) is 24.3 Å². The molecule has 1 heterocycles. The van der Waals surface area contributed by atoms with Gasteiger partial charge in [0.05, 0.1) is 6.54 Å². The molecule has 5 heteroatoms. The van der Waals surface area contributed by atoms with E-state index in [1.165, 1.54) is 0 Å². The van der Waals surface area contributed by atoms with Crippen LogP contribution in [-0.2, 0) is 6.54 Å². The van der Waals surface area contributed by atoms with Crippen molar-refractivity contribution in [2.75, 3.05) is 0 Å². The molecule has 0 bridgehead atoms. The highest BCUT2D eigenvalue weighted by atomic mass is 35.5. The number of nitrogens with zero attached hydrogens (tertiary/aromatic N) is 1. The number of hydrogen-bond acceptors (Lipinski definition) is 3. The summed E-state index contributed by atoms with van der Waals surface area (Å²) in [5.74, 6) is 0.260. The Hall–Kier alpha value is -2.33. The van der Waals surface area contributed by atoms with Gasteiger partial charge < -0.3 is 9.73 Å². The lowest BCUT2D eigenvalue weighted by Gasteiger charge is -2.02. The van der Waals surface area contributed by atoms with Crippen molar-refractivity contribution in [3.8, 4) is 0 Å². The molecule has 1 N–H and O–H groups in total. The topological polar surface area (TPSA) is 55.1 Å². The molecule has 0 unspecified atom stereocenters. The Morgan fingerprint density at radius 3 is 2.85 bits per heavy atom. The first-order chi connectivity index (χ1) is 9.72. The fourth-order valence-corrected chi connectivity index (χ4v) is 2.07. The number of nitrogens with one attached hydrogen (secondary N) is 1. The number of oxazole rings is 1. The molecule has 1 aromatic heterocycles. The van der Waals surface area contributed by atoms with Gasteiger partial charge in [0.2, 0.25) is 5.89 Å². The highest BCUT2D eigenvalue weighted by Gasteiger charge is 2.09. The summed E-state index contributed by atoms with van der Waals surface area (Å²) in [7, 11) is 0. The molecule has 100 valence electrons. The quantitative estimate of drug-likeness (QED) is 0.803. The Balaban J connectivity index is 1.71. The number of halogens is 1. The van der Waals surface area contributed by atoms with E-state index in [0.29, 0.717) is 22.1 Å². The number of carbonyl (C=O) groups excluding carboxylic acids is 1. The number of para-hydroxylation sites is 2. The number of aromatic nitrogens is 1. The average molecular weight is 287 g/mol. The molecule has 3 aromatic rings. The summed E-state index contributed by atoms with van der Waals surface area (Å²) in [6, 6.07) is 14.2. The number of rotatable bonds is 3. The van der Waals surface area contributed by atoms with Crippen LogP contribution in [0.5, 0.6) is 0 Å². The third-order valence-corrected chi connectivity index (χ3v) is 3.06. The van der Waals surface area contributed by atoms with Crippen molar-refractivity contribution in [2.24, 2.45) is 0 Å². The van der Waals surface area contributed by atoms with Crippen molar-refractivity contribution < 1.29 is 9.21 Å². The van der Waals surface area contributed by atoms with E-state index < -0.39 is 0 Å². The zero-order valence-electron chi connectivity index (χ0n) is 10.5. The van der Waals surface area contributed by atoms with Crippen molar-refractivity contribution in [2.45, 2.75) is 6.54 Å².